The van der Waals surface area contributed by atoms with Crippen molar-refractivity contribution in [2.24, 2.45) is 0 Å². The van der Waals surface area contributed by atoms with Crippen LogP contribution in [0.25, 0.3) is 10.9 Å². The molecule has 186 valence electrons. The Bertz CT molecular complexity index is 1560. The number of hydrogen-bond acceptors (Lipinski definition) is 4. The van der Waals surface area contributed by atoms with Gasteiger partial charge in [-0.3, -0.25) is 9.59 Å². The molecule has 4 amide bonds. The first kappa shape index (κ1) is 22.8. The van der Waals surface area contributed by atoms with Crippen molar-refractivity contribution in [3.63, 3.8) is 0 Å². The molecule has 1 aromatic heterocycles. The first-order chi connectivity index (χ1) is 17.9. The molecule has 6 rings (SSSR count). The van der Waals surface area contributed by atoms with E-state index in [1.54, 1.807) is 43.2 Å². The van der Waals surface area contributed by atoms with E-state index in [0.29, 0.717) is 25.2 Å². The number of H-pyrrole nitrogens is 1. The van der Waals surface area contributed by atoms with Crippen LogP contribution in [-0.4, -0.2) is 41.4 Å². The predicted octanol–water partition coefficient (Wildman–Crippen LogP) is 4.35. The summed E-state index contributed by atoms with van der Waals surface area (Å²) < 4.78 is 5.40. The van der Waals surface area contributed by atoms with Crippen molar-refractivity contribution < 1.29 is 19.1 Å². The third kappa shape index (κ3) is 3.40. The standard InChI is InChI=1S/C29H26N4O4/c1-29-25-20(22-16-19(37-2)12-13-23(22)31-25)14-15-32(29)28(36)33(27(29)35)24-11-7-6-10-21(24)26(34)30-17-18-8-4-3-5-9-18/h3-13,16,31H,14-15,17H2,1-2H3,(H,30,34). The summed E-state index contributed by atoms with van der Waals surface area (Å²) in [5.74, 6) is -0.0125. The number of aromatic amines is 1. The third-order valence-electron chi connectivity index (χ3n) is 7.45. The lowest BCUT2D eigenvalue weighted by atomic mass is 9.87. The van der Waals surface area contributed by atoms with Crippen molar-refractivity contribution in [3.05, 3.63) is 95.2 Å². The van der Waals surface area contributed by atoms with E-state index in [1.165, 1.54) is 0 Å². The van der Waals surface area contributed by atoms with E-state index in [4.69, 9.17) is 4.74 Å². The number of imide groups is 1. The molecule has 1 fully saturated rings. The largest absolute Gasteiger partial charge is 0.497 e. The van der Waals surface area contributed by atoms with Crippen LogP contribution >= 0.6 is 0 Å². The van der Waals surface area contributed by atoms with Crippen LogP contribution in [0.3, 0.4) is 0 Å². The molecule has 0 spiro atoms. The first-order valence-electron chi connectivity index (χ1n) is 12.2. The molecule has 3 aromatic carbocycles. The molecule has 0 bridgehead atoms. The number of fused-ring (bicyclic) bond motifs is 5. The van der Waals surface area contributed by atoms with E-state index in [0.717, 1.165) is 32.7 Å². The Labute approximate surface area is 213 Å². The average molecular weight is 495 g/mol. The Kier molecular flexibility index (Phi) is 5.26. The van der Waals surface area contributed by atoms with Crippen LogP contribution in [0.15, 0.2) is 72.8 Å². The highest BCUT2D eigenvalue weighted by molar-refractivity contribution is 6.25. The van der Waals surface area contributed by atoms with Crippen molar-refractivity contribution in [2.75, 3.05) is 18.6 Å². The van der Waals surface area contributed by atoms with Crippen molar-refractivity contribution >= 4 is 34.4 Å². The summed E-state index contributed by atoms with van der Waals surface area (Å²) in [5.41, 5.74) is 2.87. The molecule has 1 unspecified atom stereocenters. The number of anilines is 1. The van der Waals surface area contributed by atoms with Gasteiger partial charge in [-0.1, -0.05) is 42.5 Å². The SMILES string of the molecule is COc1ccc2[nH]c3c(c2c1)CCN1C(=O)N(c2ccccc2C(=O)NCc2ccccc2)C(=O)C31C. The number of hydrogen-bond donors (Lipinski definition) is 2. The number of nitrogens with one attached hydrogen (secondary N) is 2. The molecule has 2 aliphatic heterocycles. The molecule has 2 aliphatic rings. The van der Waals surface area contributed by atoms with E-state index in [9.17, 15) is 14.4 Å². The van der Waals surface area contributed by atoms with Crippen molar-refractivity contribution in [2.45, 2.75) is 25.4 Å². The molecule has 8 nitrogen and oxygen atoms in total. The molecule has 4 aromatic rings. The van der Waals surface area contributed by atoms with E-state index in [2.05, 4.69) is 10.3 Å². The Morgan fingerprint density at radius 1 is 1.05 bits per heavy atom. The van der Waals surface area contributed by atoms with Crippen LogP contribution in [0.4, 0.5) is 10.5 Å². The number of methoxy groups -OCH3 is 1. The van der Waals surface area contributed by atoms with Gasteiger partial charge in [-0.25, -0.2) is 9.69 Å². The van der Waals surface area contributed by atoms with E-state index in [-0.39, 0.29) is 23.1 Å². The summed E-state index contributed by atoms with van der Waals surface area (Å²) >= 11 is 0. The first-order valence-corrected chi connectivity index (χ1v) is 12.2. The van der Waals surface area contributed by atoms with Crippen LogP contribution in [0.5, 0.6) is 5.75 Å². The normalized spacial score (nSPS) is 18.6. The van der Waals surface area contributed by atoms with Gasteiger partial charge in [-0.2, -0.15) is 0 Å². The molecule has 0 radical (unpaired) electrons. The topological polar surface area (TPSA) is 94.7 Å². The number of ether oxygens (including phenoxy) is 1. The molecular formula is C29H26N4O4. The lowest BCUT2D eigenvalue weighted by Crippen LogP contribution is -2.49. The van der Waals surface area contributed by atoms with Gasteiger partial charge < -0.3 is 19.9 Å². The average Bonchev–Trinajstić information content (AvgIpc) is 3.40. The zero-order valence-corrected chi connectivity index (χ0v) is 20.6. The Hall–Kier alpha value is -4.59. The summed E-state index contributed by atoms with van der Waals surface area (Å²) in [5, 5.41) is 3.89. The van der Waals surface area contributed by atoms with Crippen molar-refractivity contribution in [1.29, 1.82) is 0 Å². The third-order valence-corrected chi connectivity index (χ3v) is 7.45. The maximum absolute atomic E-state index is 14.1. The number of rotatable bonds is 5. The van der Waals surface area contributed by atoms with Gasteiger partial charge in [0.15, 0.2) is 5.54 Å². The molecule has 8 heteroatoms. The van der Waals surface area contributed by atoms with Crippen LogP contribution in [-0.2, 0) is 23.3 Å². The van der Waals surface area contributed by atoms with Gasteiger partial charge in [0.1, 0.15) is 5.75 Å². The molecule has 1 atom stereocenters. The van der Waals surface area contributed by atoms with Crippen molar-refractivity contribution in [3.8, 4) is 5.75 Å². The second-order valence-electron chi connectivity index (χ2n) is 9.47. The molecular weight excluding hydrogens is 468 g/mol. The molecule has 0 saturated carbocycles. The molecule has 37 heavy (non-hydrogen) atoms. The number of amides is 4. The molecule has 1 saturated heterocycles. The fourth-order valence-electron chi connectivity index (χ4n) is 5.49. The minimum atomic E-state index is -1.22. The Balaban J connectivity index is 1.37. The lowest BCUT2D eigenvalue weighted by molar-refractivity contribution is -0.125. The summed E-state index contributed by atoms with van der Waals surface area (Å²) in [7, 11) is 1.62. The lowest BCUT2D eigenvalue weighted by Gasteiger charge is -2.35. The Morgan fingerprint density at radius 3 is 2.59 bits per heavy atom. The van der Waals surface area contributed by atoms with Gasteiger partial charge in [0, 0.05) is 24.0 Å². The summed E-state index contributed by atoms with van der Waals surface area (Å²) in [6, 6.07) is 21.6. The molecule has 2 N–H and O–H groups in total. The summed E-state index contributed by atoms with van der Waals surface area (Å²) in [4.78, 5) is 47.1. The van der Waals surface area contributed by atoms with Crippen LogP contribution in [0.1, 0.15) is 34.1 Å². The van der Waals surface area contributed by atoms with Gasteiger partial charge in [0.25, 0.3) is 11.8 Å². The fraction of sp³-hybridized carbons (Fsp3) is 0.207. The van der Waals surface area contributed by atoms with Gasteiger partial charge in [-0.15, -0.1) is 0 Å². The summed E-state index contributed by atoms with van der Waals surface area (Å²) in [6.07, 6.45) is 0.601. The van der Waals surface area contributed by atoms with Crippen LogP contribution in [0.2, 0.25) is 0 Å². The number of urea groups is 1. The van der Waals surface area contributed by atoms with Crippen LogP contribution < -0.4 is 15.0 Å². The van der Waals surface area contributed by atoms with E-state index in [1.807, 2.05) is 48.5 Å². The summed E-state index contributed by atoms with van der Waals surface area (Å²) in [6.45, 7) is 2.49. The highest BCUT2D eigenvalue weighted by Gasteiger charge is 2.59. The number of benzene rings is 3. The van der Waals surface area contributed by atoms with Crippen molar-refractivity contribution in [1.82, 2.24) is 15.2 Å². The van der Waals surface area contributed by atoms with Gasteiger partial charge >= 0.3 is 6.03 Å². The van der Waals surface area contributed by atoms with Crippen LogP contribution in [0, 0.1) is 0 Å². The predicted molar refractivity (Wildman–Crippen MR) is 140 cm³/mol. The highest BCUT2D eigenvalue weighted by Crippen LogP contribution is 2.46. The number of para-hydroxylation sites is 1. The zero-order valence-electron chi connectivity index (χ0n) is 20.6. The minimum Gasteiger partial charge on any atom is -0.497 e. The number of carbonyl (C=O) groups is 3. The van der Waals surface area contributed by atoms with E-state index < -0.39 is 11.6 Å². The Morgan fingerprint density at radius 2 is 1.81 bits per heavy atom. The van der Waals surface area contributed by atoms with Gasteiger partial charge in [0.05, 0.1) is 24.1 Å². The number of carbonyl (C=O) groups excluding carboxylic acids is 3. The smallest absolute Gasteiger partial charge is 0.332 e. The molecule has 3 heterocycles. The minimum absolute atomic E-state index is 0.269. The van der Waals surface area contributed by atoms with Gasteiger partial charge in [-0.05, 0) is 54.8 Å². The highest BCUT2D eigenvalue weighted by atomic mass is 16.5. The van der Waals surface area contributed by atoms with Gasteiger partial charge in [0.2, 0.25) is 0 Å². The second-order valence-corrected chi connectivity index (χ2v) is 9.47. The monoisotopic (exact) mass is 494 g/mol. The van der Waals surface area contributed by atoms with E-state index >= 15 is 0 Å². The second kappa shape index (κ2) is 8.51. The maximum Gasteiger partial charge on any atom is 0.332 e. The number of nitrogens with zero attached hydrogens (tertiary/aromatic N) is 2. The number of aromatic nitrogens is 1. The fourth-order valence-corrected chi connectivity index (χ4v) is 5.49. The zero-order chi connectivity index (χ0) is 25.7. The quantitative estimate of drug-likeness (QED) is 0.404. The molecule has 0 aliphatic carbocycles. The maximum atomic E-state index is 14.1.